The number of amides is 1. The molecule has 4 heteroatoms. The van der Waals surface area contributed by atoms with Gasteiger partial charge in [0.05, 0.1) is 5.60 Å². The second-order valence-corrected chi connectivity index (χ2v) is 10.7. The zero-order valence-electron chi connectivity index (χ0n) is 20.5. The van der Waals surface area contributed by atoms with Crippen LogP contribution in [-0.2, 0) is 10.3 Å². The highest BCUT2D eigenvalue weighted by Crippen LogP contribution is 2.47. The molecule has 1 aliphatic carbocycles. The first kappa shape index (κ1) is 22.4. The van der Waals surface area contributed by atoms with E-state index in [2.05, 4.69) is 74.5 Å². The second-order valence-electron chi connectivity index (χ2n) is 10.7. The number of benzene rings is 3. The topological polar surface area (TPSA) is 49.8 Å². The normalized spacial score (nSPS) is 25.2. The third kappa shape index (κ3) is 3.66. The van der Waals surface area contributed by atoms with Crippen molar-refractivity contribution in [3.05, 3.63) is 94.5 Å². The van der Waals surface area contributed by atoms with E-state index in [4.69, 9.17) is 4.74 Å². The van der Waals surface area contributed by atoms with Gasteiger partial charge in [0.2, 0.25) is 0 Å². The van der Waals surface area contributed by atoms with E-state index in [9.17, 15) is 9.90 Å². The first-order valence-corrected chi connectivity index (χ1v) is 12.9. The highest BCUT2D eigenvalue weighted by atomic mass is 16.6. The van der Waals surface area contributed by atoms with E-state index >= 15 is 0 Å². The van der Waals surface area contributed by atoms with Crippen molar-refractivity contribution in [2.45, 2.75) is 69.6 Å². The highest BCUT2D eigenvalue weighted by Gasteiger charge is 2.49. The van der Waals surface area contributed by atoms with Gasteiger partial charge in [-0.25, -0.2) is 4.79 Å². The summed E-state index contributed by atoms with van der Waals surface area (Å²) in [4.78, 5) is 15.5. The van der Waals surface area contributed by atoms with Gasteiger partial charge in [-0.2, -0.15) is 0 Å². The number of fused-ring (bicyclic) bond motifs is 5. The molecule has 3 aromatic rings. The van der Waals surface area contributed by atoms with Crippen LogP contribution in [0.4, 0.5) is 4.79 Å². The Balaban J connectivity index is 1.22. The summed E-state index contributed by atoms with van der Waals surface area (Å²) in [6, 6.07) is 23.1. The summed E-state index contributed by atoms with van der Waals surface area (Å²) in [6.07, 6.45) is 3.82. The molecule has 4 nitrogen and oxygen atoms in total. The number of carbonyl (C=O) groups excluding carboxylic acids is 1. The third-order valence-electron chi connectivity index (χ3n) is 8.50. The third-order valence-corrected chi connectivity index (χ3v) is 8.50. The van der Waals surface area contributed by atoms with Gasteiger partial charge in [0.1, 0.15) is 6.61 Å². The summed E-state index contributed by atoms with van der Waals surface area (Å²) in [5, 5.41) is 11.9. The lowest BCUT2D eigenvalue weighted by Gasteiger charge is -2.52. The Kier molecular flexibility index (Phi) is 5.45. The summed E-state index contributed by atoms with van der Waals surface area (Å²) in [6.45, 7) is 4.49. The van der Waals surface area contributed by atoms with Crippen LogP contribution < -0.4 is 0 Å². The monoisotopic (exact) mass is 467 g/mol. The summed E-state index contributed by atoms with van der Waals surface area (Å²) in [5.74, 6) is 0.0579. The molecule has 2 heterocycles. The molecule has 2 aliphatic heterocycles. The van der Waals surface area contributed by atoms with Crippen LogP contribution in [-0.4, -0.2) is 34.8 Å². The van der Waals surface area contributed by atoms with Crippen molar-refractivity contribution in [2.24, 2.45) is 0 Å². The number of hydrogen-bond donors (Lipinski definition) is 1. The van der Waals surface area contributed by atoms with E-state index in [0.29, 0.717) is 19.4 Å². The van der Waals surface area contributed by atoms with Gasteiger partial charge < -0.3 is 14.7 Å². The van der Waals surface area contributed by atoms with E-state index in [0.717, 1.165) is 36.0 Å². The largest absolute Gasteiger partial charge is 0.448 e. The van der Waals surface area contributed by atoms with Crippen molar-refractivity contribution < 1.29 is 14.6 Å². The Hall–Kier alpha value is -3.11. The molecule has 35 heavy (non-hydrogen) atoms. The van der Waals surface area contributed by atoms with Crippen LogP contribution >= 0.6 is 0 Å². The quantitative estimate of drug-likeness (QED) is 0.481. The standard InChI is InChI=1S/C31H33NO3/c1-20-9-7-10-21(2)29(20)31(34)17-22-11-8-12-23(18-31)32(22)30(33)35-19-28-26-15-5-3-13-24(26)25-14-4-6-16-27(25)28/h3-7,9-10,13-16,22-23,28,34H,8,11-12,17-19H2,1-2H3. The number of nitrogens with zero attached hydrogens (tertiary/aromatic N) is 1. The maximum atomic E-state index is 13.5. The molecule has 2 unspecified atom stereocenters. The molecule has 2 bridgehead atoms. The van der Waals surface area contributed by atoms with Crippen LogP contribution in [0.25, 0.3) is 11.1 Å². The number of aryl methyl sites for hydroxylation is 2. The molecule has 6 rings (SSSR count). The summed E-state index contributed by atoms with van der Waals surface area (Å²) in [5.41, 5.74) is 7.32. The second kappa shape index (κ2) is 8.53. The lowest BCUT2D eigenvalue weighted by molar-refractivity contribution is -0.0896. The first-order chi connectivity index (χ1) is 17.0. The molecular weight excluding hydrogens is 434 g/mol. The zero-order chi connectivity index (χ0) is 24.2. The Morgan fingerprint density at radius 1 is 0.886 bits per heavy atom. The number of ether oxygens (including phenoxy) is 1. The molecular formula is C31H33NO3. The minimum absolute atomic E-state index is 0.00200. The van der Waals surface area contributed by atoms with Gasteiger partial charge in [-0.05, 0) is 72.1 Å². The van der Waals surface area contributed by atoms with Crippen LogP contribution in [0, 0.1) is 13.8 Å². The molecule has 3 aromatic carbocycles. The van der Waals surface area contributed by atoms with Crippen molar-refractivity contribution >= 4 is 6.09 Å². The predicted molar refractivity (Wildman–Crippen MR) is 137 cm³/mol. The summed E-state index contributed by atoms with van der Waals surface area (Å²) < 4.78 is 6.04. The van der Waals surface area contributed by atoms with Crippen LogP contribution in [0.2, 0.25) is 0 Å². The van der Waals surface area contributed by atoms with Gasteiger partial charge >= 0.3 is 6.09 Å². The minimum atomic E-state index is -0.898. The van der Waals surface area contributed by atoms with Gasteiger partial charge in [-0.1, -0.05) is 66.7 Å². The van der Waals surface area contributed by atoms with Crippen molar-refractivity contribution in [3.8, 4) is 11.1 Å². The zero-order valence-corrected chi connectivity index (χ0v) is 20.5. The fourth-order valence-electron chi connectivity index (χ4n) is 7.15. The van der Waals surface area contributed by atoms with Crippen molar-refractivity contribution in [1.82, 2.24) is 4.90 Å². The molecule has 2 saturated heterocycles. The fraction of sp³-hybridized carbons (Fsp3) is 0.387. The SMILES string of the molecule is Cc1cccc(C)c1C1(O)CC2CCCC(C1)N2C(=O)OCC1c2ccccc2-c2ccccc21. The summed E-state index contributed by atoms with van der Waals surface area (Å²) >= 11 is 0. The van der Waals surface area contributed by atoms with E-state index in [1.165, 1.54) is 22.3 Å². The lowest BCUT2D eigenvalue weighted by atomic mass is 9.71. The lowest BCUT2D eigenvalue weighted by Crippen LogP contribution is -2.59. The van der Waals surface area contributed by atoms with Gasteiger partial charge in [0.15, 0.2) is 0 Å². The van der Waals surface area contributed by atoms with Crippen LogP contribution in [0.3, 0.4) is 0 Å². The van der Waals surface area contributed by atoms with E-state index < -0.39 is 5.60 Å². The van der Waals surface area contributed by atoms with Gasteiger partial charge in [-0.15, -0.1) is 0 Å². The Labute approximate surface area is 207 Å². The predicted octanol–water partition coefficient (Wildman–Crippen LogP) is 6.46. The Morgan fingerprint density at radius 2 is 1.43 bits per heavy atom. The number of piperidine rings is 2. The molecule has 2 fully saturated rings. The molecule has 0 aromatic heterocycles. The number of carbonyl (C=O) groups is 1. The molecule has 0 saturated carbocycles. The Bertz CT molecular complexity index is 1200. The van der Waals surface area contributed by atoms with Gasteiger partial charge in [-0.3, -0.25) is 0 Å². The van der Waals surface area contributed by atoms with Gasteiger partial charge in [0, 0.05) is 30.8 Å². The van der Waals surface area contributed by atoms with Crippen LogP contribution in [0.15, 0.2) is 66.7 Å². The Morgan fingerprint density at radius 3 is 2.00 bits per heavy atom. The van der Waals surface area contributed by atoms with E-state index in [1.807, 2.05) is 11.0 Å². The highest BCUT2D eigenvalue weighted by molar-refractivity contribution is 5.79. The maximum absolute atomic E-state index is 13.5. The minimum Gasteiger partial charge on any atom is -0.448 e. The average molecular weight is 468 g/mol. The van der Waals surface area contributed by atoms with Gasteiger partial charge in [0.25, 0.3) is 0 Å². The molecule has 1 N–H and O–H groups in total. The van der Waals surface area contributed by atoms with E-state index in [-0.39, 0.29) is 24.1 Å². The van der Waals surface area contributed by atoms with Crippen molar-refractivity contribution in [1.29, 1.82) is 0 Å². The van der Waals surface area contributed by atoms with E-state index in [1.54, 1.807) is 0 Å². The first-order valence-electron chi connectivity index (χ1n) is 12.9. The molecule has 3 aliphatic rings. The van der Waals surface area contributed by atoms with Crippen molar-refractivity contribution in [2.75, 3.05) is 6.61 Å². The number of hydrogen-bond acceptors (Lipinski definition) is 3. The molecule has 1 amide bonds. The van der Waals surface area contributed by atoms with Crippen LogP contribution in [0.5, 0.6) is 0 Å². The van der Waals surface area contributed by atoms with Crippen molar-refractivity contribution in [3.63, 3.8) is 0 Å². The van der Waals surface area contributed by atoms with Crippen LogP contribution in [0.1, 0.15) is 65.8 Å². The number of rotatable bonds is 3. The number of aliphatic hydroxyl groups is 1. The molecule has 2 atom stereocenters. The smallest absolute Gasteiger partial charge is 0.410 e. The molecule has 0 spiro atoms. The maximum Gasteiger partial charge on any atom is 0.410 e. The fourth-order valence-corrected chi connectivity index (χ4v) is 7.15. The molecule has 0 radical (unpaired) electrons. The summed E-state index contributed by atoms with van der Waals surface area (Å²) in [7, 11) is 0. The molecule has 180 valence electrons. The average Bonchev–Trinajstić information content (AvgIpc) is 3.15.